The largest absolute Gasteiger partial charge is 0.470 e. The van der Waals surface area contributed by atoms with E-state index in [4.69, 9.17) is 9.47 Å². The van der Waals surface area contributed by atoms with Gasteiger partial charge in [-0.1, -0.05) is 12.1 Å². The highest BCUT2D eigenvalue weighted by Crippen LogP contribution is 2.35. The van der Waals surface area contributed by atoms with Crippen LogP contribution in [0.3, 0.4) is 0 Å². The van der Waals surface area contributed by atoms with E-state index < -0.39 is 0 Å². The summed E-state index contributed by atoms with van der Waals surface area (Å²) in [4.78, 5) is 9.14. The average molecular weight is 582 g/mol. The Morgan fingerprint density at radius 2 is 0.958 bits per heavy atom. The minimum atomic E-state index is 0.344. The average Bonchev–Trinajstić information content (AvgIpc) is 2.56. The van der Waals surface area contributed by atoms with Crippen LogP contribution in [0.1, 0.15) is 0 Å². The lowest BCUT2D eigenvalue weighted by atomic mass is 10.3. The Bertz CT molecular complexity index is 727. The lowest BCUT2D eigenvalue weighted by Gasteiger charge is -2.19. The van der Waals surface area contributed by atoms with Gasteiger partial charge in [-0.15, -0.1) is 0 Å². The van der Waals surface area contributed by atoms with Gasteiger partial charge in [0.1, 0.15) is 13.2 Å². The van der Waals surface area contributed by atoms with E-state index in [0.29, 0.717) is 25.0 Å². The van der Waals surface area contributed by atoms with Crippen LogP contribution in [-0.4, -0.2) is 25.0 Å². The molecule has 24 heavy (non-hydrogen) atoms. The quantitative estimate of drug-likeness (QED) is 0.404. The zero-order valence-electron chi connectivity index (χ0n) is 12.1. The second-order valence-electron chi connectivity index (χ2n) is 4.67. The predicted octanol–water partition coefficient (Wildman–Crippen LogP) is 6.54. The summed E-state index contributed by atoms with van der Waals surface area (Å²) in [5, 5.41) is 0. The lowest BCUT2D eigenvalue weighted by molar-refractivity contribution is 0.173. The minimum absolute atomic E-state index is 0.344. The van der Waals surface area contributed by atoms with Gasteiger partial charge < -0.3 is 9.47 Å². The molecule has 0 unspecified atom stereocenters. The molecule has 1 aliphatic rings. The Morgan fingerprint density at radius 1 is 0.625 bits per heavy atom. The van der Waals surface area contributed by atoms with E-state index in [0.717, 1.165) is 29.3 Å². The summed E-state index contributed by atoms with van der Waals surface area (Å²) in [6.07, 6.45) is 0. The van der Waals surface area contributed by atoms with Crippen LogP contribution in [0.25, 0.3) is 0 Å². The highest BCUT2D eigenvalue weighted by atomic mass is 79.9. The zero-order valence-corrected chi connectivity index (χ0v) is 18.4. The molecule has 0 aromatic heterocycles. The van der Waals surface area contributed by atoms with Crippen LogP contribution >= 0.6 is 63.7 Å². The Balaban J connectivity index is 2.06. The first-order chi connectivity index (χ1) is 11.6. The molecule has 2 aromatic carbocycles. The van der Waals surface area contributed by atoms with Gasteiger partial charge >= 0.3 is 0 Å². The van der Waals surface area contributed by atoms with Gasteiger partial charge in [0.05, 0.1) is 11.4 Å². The van der Waals surface area contributed by atoms with Gasteiger partial charge in [0, 0.05) is 17.9 Å². The summed E-state index contributed by atoms with van der Waals surface area (Å²) in [5.74, 6) is 0.688. The van der Waals surface area contributed by atoms with Crippen molar-refractivity contribution < 1.29 is 9.47 Å². The van der Waals surface area contributed by atoms with E-state index in [1.807, 2.05) is 36.4 Å². The normalized spacial score (nSPS) is 17.7. The maximum atomic E-state index is 5.68. The monoisotopic (exact) mass is 578 g/mol. The Labute approximate surface area is 172 Å². The van der Waals surface area contributed by atoms with E-state index in [9.17, 15) is 0 Å². The molecule has 3 rings (SSSR count). The summed E-state index contributed by atoms with van der Waals surface area (Å²) in [7, 11) is 0. The van der Waals surface area contributed by atoms with Crippen LogP contribution < -0.4 is 0 Å². The van der Waals surface area contributed by atoms with Gasteiger partial charge in [-0.05, 0) is 88.0 Å². The number of nitrogens with zero attached hydrogens (tertiary/aromatic N) is 2. The molecular formula is C16H10Br4N2O2. The molecular weight excluding hydrogens is 572 g/mol. The van der Waals surface area contributed by atoms with Gasteiger partial charge in [0.2, 0.25) is 0 Å². The van der Waals surface area contributed by atoms with Gasteiger partial charge in [-0.3, -0.25) is 0 Å². The van der Waals surface area contributed by atoms with Crippen molar-refractivity contribution in [2.24, 2.45) is 9.98 Å². The number of aliphatic imine (C=N–C) groups is 2. The fourth-order valence-corrected chi connectivity index (χ4v) is 4.31. The molecule has 2 aromatic rings. The third kappa shape index (κ3) is 4.09. The first-order valence-electron chi connectivity index (χ1n) is 6.87. The third-order valence-corrected chi connectivity index (χ3v) is 5.61. The molecule has 0 aliphatic carbocycles. The second kappa shape index (κ2) is 8.12. The molecule has 4 nitrogen and oxygen atoms in total. The molecule has 1 heterocycles. The van der Waals surface area contributed by atoms with E-state index in [-0.39, 0.29) is 0 Å². The fourth-order valence-electron chi connectivity index (χ4n) is 1.96. The van der Waals surface area contributed by atoms with E-state index in [1.54, 1.807) is 0 Å². The van der Waals surface area contributed by atoms with E-state index >= 15 is 0 Å². The number of benzene rings is 2. The summed E-state index contributed by atoms with van der Waals surface area (Å²) in [6.45, 7) is 0.855. The van der Waals surface area contributed by atoms with E-state index in [1.165, 1.54) is 0 Å². The number of hydrogen-bond acceptors (Lipinski definition) is 4. The summed E-state index contributed by atoms with van der Waals surface area (Å²) in [5.41, 5.74) is 1.44. The van der Waals surface area contributed by atoms with Crippen molar-refractivity contribution >= 4 is 86.9 Å². The Kier molecular flexibility index (Phi) is 6.12. The van der Waals surface area contributed by atoms with Crippen LogP contribution in [0.5, 0.6) is 0 Å². The van der Waals surface area contributed by atoms with Gasteiger partial charge in [-0.2, -0.15) is 0 Å². The third-order valence-electron chi connectivity index (χ3n) is 3.05. The molecule has 1 saturated heterocycles. The van der Waals surface area contributed by atoms with Crippen molar-refractivity contribution in [1.82, 2.24) is 0 Å². The fraction of sp³-hybridized carbons (Fsp3) is 0.125. The van der Waals surface area contributed by atoms with Crippen LogP contribution in [0, 0.1) is 0 Å². The van der Waals surface area contributed by atoms with Gasteiger partial charge in [0.25, 0.3) is 11.8 Å². The van der Waals surface area contributed by atoms with Crippen LogP contribution in [0.2, 0.25) is 0 Å². The second-order valence-corrected chi connectivity index (χ2v) is 8.09. The molecule has 1 fully saturated rings. The first kappa shape index (κ1) is 18.1. The van der Waals surface area contributed by atoms with Crippen molar-refractivity contribution in [1.29, 1.82) is 0 Å². The van der Waals surface area contributed by atoms with Crippen LogP contribution in [0.4, 0.5) is 11.4 Å². The van der Waals surface area contributed by atoms with Crippen molar-refractivity contribution in [3.8, 4) is 0 Å². The molecule has 0 amide bonds. The standard InChI is InChI=1S/C16H10Br4N2O2/c17-9-3-1-4-10(18)13(9)21-15-16(24-8-7-23-15)22-14-11(19)5-2-6-12(14)20/h1-6H,7-8H2/b21-15-,22-16-. The molecule has 0 spiro atoms. The highest BCUT2D eigenvalue weighted by Gasteiger charge is 2.21. The van der Waals surface area contributed by atoms with Gasteiger partial charge in [-0.25, -0.2) is 9.98 Å². The van der Waals surface area contributed by atoms with Crippen LogP contribution in [0.15, 0.2) is 64.3 Å². The lowest BCUT2D eigenvalue weighted by Crippen LogP contribution is -2.29. The topological polar surface area (TPSA) is 43.2 Å². The molecule has 8 heteroatoms. The molecule has 0 radical (unpaired) electrons. The maximum absolute atomic E-state index is 5.68. The number of ether oxygens (including phenoxy) is 2. The van der Waals surface area contributed by atoms with Crippen molar-refractivity contribution in [2.45, 2.75) is 0 Å². The number of para-hydroxylation sites is 2. The highest BCUT2D eigenvalue weighted by molar-refractivity contribution is 9.11. The molecule has 0 bridgehead atoms. The molecule has 0 N–H and O–H groups in total. The number of hydrogen-bond donors (Lipinski definition) is 0. The zero-order chi connectivity index (χ0) is 17.1. The summed E-state index contributed by atoms with van der Waals surface area (Å²) in [6, 6.07) is 11.5. The van der Waals surface area contributed by atoms with Gasteiger partial charge in [0.15, 0.2) is 0 Å². The molecule has 0 atom stereocenters. The molecule has 124 valence electrons. The number of halogens is 4. The minimum Gasteiger partial charge on any atom is -0.470 e. The smallest absolute Gasteiger partial charge is 0.278 e. The van der Waals surface area contributed by atoms with Crippen molar-refractivity contribution in [3.05, 3.63) is 54.3 Å². The first-order valence-corrected chi connectivity index (χ1v) is 10.0. The Morgan fingerprint density at radius 3 is 1.29 bits per heavy atom. The van der Waals surface area contributed by atoms with Crippen molar-refractivity contribution in [3.63, 3.8) is 0 Å². The Hall–Kier alpha value is -0.700. The predicted molar refractivity (Wildman–Crippen MR) is 110 cm³/mol. The van der Waals surface area contributed by atoms with Crippen LogP contribution in [-0.2, 0) is 9.47 Å². The number of rotatable bonds is 2. The summed E-state index contributed by atoms with van der Waals surface area (Å²) < 4.78 is 14.7. The molecule has 0 saturated carbocycles. The summed E-state index contributed by atoms with van der Waals surface area (Å²) >= 11 is 14.0. The molecule has 1 aliphatic heterocycles. The van der Waals surface area contributed by atoms with Crippen molar-refractivity contribution in [2.75, 3.05) is 13.2 Å². The SMILES string of the molecule is Brc1cccc(Br)c1/N=C1\OCCO\C1=N/c1c(Br)cccc1Br. The van der Waals surface area contributed by atoms with E-state index in [2.05, 4.69) is 73.7 Å². The maximum Gasteiger partial charge on any atom is 0.278 e.